The van der Waals surface area contributed by atoms with E-state index in [1.54, 1.807) is 23.5 Å². The predicted octanol–water partition coefficient (Wildman–Crippen LogP) is 2.89. The minimum atomic E-state index is -3.47. The van der Waals surface area contributed by atoms with E-state index in [0.717, 1.165) is 36.2 Å². The Kier molecular flexibility index (Phi) is 4.01. The van der Waals surface area contributed by atoms with Crippen LogP contribution in [0.3, 0.4) is 0 Å². The fourth-order valence-electron chi connectivity index (χ4n) is 2.43. The molecular formula is C15H18N2O2S2. The molecule has 1 aromatic carbocycles. The fraction of sp³-hybridized carbons (Fsp3) is 0.333. The van der Waals surface area contributed by atoms with Gasteiger partial charge in [0.25, 0.3) is 0 Å². The lowest BCUT2D eigenvalue weighted by Gasteiger charge is -2.18. The highest BCUT2D eigenvalue weighted by molar-refractivity contribution is 7.89. The van der Waals surface area contributed by atoms with Crippen LogP contribution in [0.1, 0.15) is 23.1 Å². The Balaban J connectivity index is 1.80. The van der Waals surface area contributed by atoms with E-state index >= 15 is 0 Å². The van der Waals surface area contributed by atoms with Gasteiger partial charge >= 0.3 is 0 Å². The van der Waals surface area contributed by atoms with Gasteiger partial charge in [-0.05, 0) is 59.3 Å². The predicted molar refractivity (Wildman–Crippen MR) is 86.3 cm³/mol. The molecule has 1 aliphatic rings. The summed E-state index contributed by atoms with van der Waals surface area (Å²) in [5, 5.41) is 7.26. The van der Waals surface area contributed by atoms with E-state index in [-0.39, 0.29) is 0 Å². The normalized spacial score (nSPS) is 14.5. The van der Waals surface area contributed by atoms with Gasteiger partial charge in [-0.1, -0.05) is 6.07 Å². The van der Waals surface area contributed by atoms with Crippen LogP contribution in [0.4, 0.5) is 5.69 Å². The van der Waals surface area contributed by atoms with Crippen LogP contribution in [-0.2, 0) is 23.0 Å². The summed E-state index contributed by atoms with van der Waals surface area (Å²) in [7, 11) is -3.47. The van der Waals surface area contributed by atoms with Crippen LogP contribution in [0.25, 0.3) is 0 Å². The Morgan fingerprint density at radius 2 is 2.19 bits per heavy atom. The zero-order valence-electron chi connectivity index (χ0n) is 11.8. The average Bonchev–Trinajstić information content (AvgIpc) is 2.90. The molecule has 2 N–H and O–H groups in total. The summed E-state index contributed by atoms with van der Waals surface area (Å²) in [4.78, 5) is 0.323. The number of hydrogen-bond acceptors (Lipinski definition) is 4. The maximum Gasteiger partial charge on any atom is 0.240 e. The van der Waals surface area contributed by atoms with Crippen molar-refractivity contribution in [2.45, 2.75) is 31.2 Å². The van der Waals surface area contributed by atoms with E-state index in [4.69, 9.17) is 0 Å². The van der Waals surface area contributed by atoms with Crippen molar-refractivity contribution in [1.29, 1.82) is 0 Å². The van der Waals surface area contributed by atoms with Gasteiger partial charge in [0.1, 0.15) is 0 Å². The minimum absolute atomic E-state index is 0.323. The van der Waals surface area contributed by atoms with Gasteiger partial charge in [0.2, 0.25) is 10.0 Å². The van der Waals surface area contributed by atoms with Gasteiger partial charge in [0.15, 0.2) is 0 Å². The highest BCUT2D eigenvalue weighted by Gasteiger charge is 2.17. The number of hydrogen-bond donors (Lipinski definition) is 2. The van der Waals surface area contributed by atoms with Crippen LogP contribution < -0.4 is 10.0 Å². The molecule has 0 fully saturated rings. The number of sulfonamides is 1. The third-order valence-corrected chi connectivity index (χ3v) is 6.05. The zero-order chi connectivity index (χ0) is 14.9. The summed E-state index contributed by atoms with van der Waals surface area (Å²) in [6.07, 6.45) is 2.10. The lowest BCUT2D eigenvalue weighted by atomic mass is 10.0. The fourth-order valence-corrected chi connectivity index (χ4v) is 4.32. The minimum Gasteiger partial charge on any atom is -0.385 e. The number of aryl methyl sites for hydroxylation is 2. The van der Waals surface area contributed by atoms with E-state index in [9.17, 15) is 8.42 Å². The molecule has 21 heavy (non-hydrogen) atoms. The van der Waals surface area contributed by atoms with Gasteiger partial charge < -0.3 is 5.32 Å². The van der Waals surface area contributed by atoms with Crippen LogP contribution in [0.15, 0.2) is 33.9 Å². The van der Waals surface area contributed by atoms with E-state index in [2.05, 4.69) is 10.0 Å². The monoisotopic (exact) mass is 322 g/mol. The van der Waals surface area contributed by atoms with Crippen molar-refractivity contribution in [3.63, 3.8) is 0 Å². The van der Waals surface area contributed by atoms with Gasteiger partial charge in [-0.15, -0.1) is 0 Å². The molecule has 0 atom stereocenters. The molecule has 6 heteroatoms. The molecule has 0 spiro atoms. The molecule has 1 aromatic heterocycles. The summed E-state index contributed by atoms with van der Waals surface area (Å²) in [5.74, 6) is 0. The Hall–Kier alpha value is -1.37. The molecule has 4 nitrogen and oxygen atoms in total. The van der Waals surface area contributed by atoms with Crippen molar-refractivity contribution in [3.8, 4) is 0 Å². The largest absolute Gasteiger partial charge is 0.385 e. The zero-order valence-corrected chi connectivity index (χ0v) is 13.5. The number of nitrogens with one attached hydrogen (secondary N) is 2. The average molecular weight is 322 g/mol. The van der Waals surface area contributed by atoms with Crippen molar-refractivity contribution in [1.82, 2.24) is 4.72 Å². The van der Waals surface area contributed by atoms with Crippen molar-refractivity contribution >= 4 is 27.0 Å². The molecule has 0 aliphatic carbocycles. The van der Waals surface area contributed by atoms with Crippen LogP contribution in [0.5, 0.6) is 0 Å². The standard InChI is InChI=1S/C15H18N2O2S2/c1-11-9-20-10-13(11)8-17-21(18,19)14-5-4-12-3-2-6-16-15(12)7-14/h4-5,7,9-10,16-17H,2-3,6,8H2,1H3. The first-order chi connectivity index (χ1) is 10.1. The van der Waals surface area contributed by atoms with E-state index in [1.807, 2.05) is 23.8 Å². The van der Waals surface area contributed by atoms with Crippen molar-refractivity contribution < 1.29 is 8.42 Å². The number of anilines is 1. The summed E-state index contributed by atoms with van der Waals surface area (Å²) in [5.41, 5.74) is 4.28. The number of benzene rings is 1. The molecule has 0 saturated heterocycles. The van der Waals surface area contributed by atoms with Crippen molar-refractivity contribution in [2.75, 3.05) is 11.9 Å². The lowest BCUT2D eigenvalue weighted by Crippen LogP contribution is -2.24. The molecule has 0 radical (unpaired) electrons. The molecule has 2 aromatic rings. The molecule has 0 saturated carbocycles. The Morgan fingerprint density at radius 1 is 1.33 bits per heavy atom. The molecule has 112 valence electrons. The van der Waals surface area contributed by atoms with Gasteiger partial charge in [0, 0.05) is 18.8 Å². The van der Waals surface area contributed by atoms with Crippen LogP contribution >= 0.6 is 11.3 Å². The first-order valence-electron chi connectivity index (χ1n) is 6.94. The number of thiophene rings is 1. The highest BCUT2D eigenvalue weighted by atomic mass is 32.2. The molecule has 3 rings (SSSR count). The number of fused-ring (bicyclic) bond motifs is 1. The van der Waals surface area contributed by atoms with E-state index < -0.39 is 10.0 Å². The summed E-state index contributed by atoms with van der Waals surface area (Å²) >= 11 is 1.59. The topological polar surface area (TPSA) is 58.2 Å². The van der Waals surface area contributed by atoms with Gasteiger partial charge in [0.05, 0.1) is 4.90 Å². The molecule has 2 heterocycles. The first kappa shape index (κ1) is 14.6. The second-order valence-electron chi connectivity index (χ2n) is 5.25. The SMILES string of the molecule is Cc1cscc1CNS(=O)(=O)c1ccc2c(c1)NCCC2. The summed E-state index contributed by atoms with van der Waals surface area (Å²) in [6, 6.07) is 5.33. The molecular weight excluding hydrogens is 304 g/mol. The third-order valence-electron chi connectivity index (χ3n) is 3.74. The second-order valence-corrected chi connectivity index (χ2v) is 7.76. The Morgan fingerprint density at radius 3 is 2.95 bits per heavy atom. The quantitative estimate of drug-likeness (QED) is 0.910. The van der Waals surface area contributed by atoms with Gasteiger partial charge in [-0.25, -0.2) is 13.1 Å². The molecule has 0 amide bonds. The van der Waals surface area contributed by atoms with Gasteiger partial charge in [-0.3, -0.25) is 0 Å². The number of rotatable bonds is 4. The summed E-state index contributed by atoms with van der Waals surface area (Å²) < 4.78 is 27.5. The van der Waals surface area contributed by atoms with Crippen LogP contribution in [0.2, 0.25) is 0 Å². The van der Waals surface area contributed by atoms with Crippen molar-refractivity contribution in [2.24, 2.45) is 0 Å². The first-order valence-corrected chi connectivity index (χ1v) is 9.37. The smallest absolute Gasteiger partial charge is 0.240 e. The maximum absolute atomic E-state index is 12.4. The highest BCUT2D eigenvalue weighted by Crippen LogP contribution is 2.25. The van der Waals surface area contributed by atoms with Crippen molar-refractivity contribution in [3.05, 3.63) is 45.6 Å². The third kappa shape index (κ3) is 3.12. The lowest BCUT2D eigenvalue weighted by molar-refractivity contribution is 0.581. The molecule has 0 bridgehead atoms. The van der Waals surface area contributed by atoms with Gasteiger partial charge in [-0.2, -0.15) is 11.3 Å². The van der Waals surface area contributed by atoms with E-state index in [1.165, 1.54) is 5.56 Å². The maximum atomic E-state index is 12.4. The Bertz CT molecular complexity index is 751. The Labute approximate surface area is 129 Å². The van der Waals surface area contributed by atoms with E-state index in [0.29, 0.717) is 11.4 Å². The molecule has 1 aliphatic heterocycles. The second kappa shape index (κ2) is 5.79. The van der Waals surface area contributed by atoms with Crippen LogP contribution in [0, 0.1) is 6.92 Å². The summed E-state index contributed by atoms with van der Waals surface area (Å²) in [6.45, 7) is 3.23. The molecule has 0 unspecified atom stereocenters. The van der Waals surface area contributed by atoms with Crippen LogP contribution in [-0.4, -0.2) is 15.0 Å².